The number of rotatable bonds is 3. The van der Waals surface area contributed by atoms with Crippen LogP contribution in [0.15, 0.2) is 23.1 Å². The van der Waals surface area contributed by atoms with Crippen LogP contribution in [0.2, 0.25) is 0 Å². The van der Waals surface area contributed by atoms with Crippen molar-refractivity contribution < 1.29 is 34.8 Å². The highest BCUT2D eigenvalue weighted by Crippen LogP contribution is 2.38. The third-order valence-electron chi connectivity index (χ3n) is 4.06. The average molecular weight is 390 g/mol. The highest BCUT2D eigenvalue weighted by atomic mass is 32.2. The molecule has 2 rings (SSSR count). The molecule has 1 saturated heterocycles. The van der Waals surface area contributed by atoms with E-state index >= 15 is 0 Å². The Bertz CT molecular complexity index is 710. The third kappa shape index (κ3) is 4.26. The van der Waals surface area contributed by atoms with Crippen molar-refractivity contribution in [2.75, 3.05) is 27.2 Å². The highest BCUT2D eigenvalue weighted by Gasteiger charge is 2.40. The lowest BCUT2D eigenvalue weighted by Gasteiger charge is -2.21. The first-order valence-corrected chi connectivity index (χ1v) is 8.63. The number of alkyl halides is 6. The average Bonchev–Trinajstić information content (AvgIpc) is 2.95. The van der Waals surface area contributed by atoms with Gasteiger partial charge in [-0.15, -0.1) is 0 Å². The molecule has 1 aromatic carbocycles. The predicted octanol–water partition coefficient (Wildman–Crippen LogP) is 3.05. The number of sulfonamides is 1. The lowest BCUT2D eigenvalue weighted by molar-refractivity contribution is -0.143. The molecule has 1 aliphatic heterocycles. The van der Waals surface area contributed by atoms with Crippen LogP contribution in [0.3, 0.4) is 0 Å². The van der Waals surface area contributed by atoms with E-state index < -0.39 is 38.4 Å². The van der Waals surface area contributed by atoms with Gasteiger partial charge in [-0.25, -0.2) is 8.42 Å². The minimum atomic E-state index is -5.09. The van der Waals surface area contributed by atoms with Crippen LogP contribution in [0.1, 0.15) is 17.5 Å². The lowest BCUT2D eigenvalue weighted by Crippen LogP contribution is -2.34. The van der Waals surface area contributed by atoms with Gasteiger partial charge in [0.15, 0.2) is 0 Å². The monoisotopic (exact) mass is 390 g/mol. The molecule has 0 aromatic heterocycles. The van der Waals surface area contributed by atoms with Crippen LogP contribution in [-0.2, 0) is 22.4 Å². The van der Waals surface area contributed by atoms with E-state index in [0.29, 0.717) is 6.42 Å². The van der Waals surface area contributed by atoms with Gasteiger partial charge in [0, 0.05) is 19.1 Å². The summed E-state index contributed by atoms with van der Waals surface area (Å²) < 4.78 is 103. The van der Waals surface area contributed by atoms with E-state index in [1.807, 2.05) is 0 Å². The van der Waals surface area contributed by atoms with Gasteiger partial charge in [0.2, 0.25) is 10.0 Å². The highest BCUT2D eigenvalue weighted by molar-refractivity contribution is 7.89. The fraction of sp³-hybridized carbons (Fsp3) is 0.571. The summed E-state index contributed by atoms with van der Waals surface area (Å²) in [7, 11) is -1.03. The summed E-state index contributed by atoms with van der Waals surface area (Å²) in [5.41, 5.74) is -3.30. The minimum Gasteiger partial charge on any atom is -0.305 e. The third-order valence-corrected chi connectivity index (χ3v) is 5.90. The maximum absolute atomic E-state index is 12.9. The fourth-order valence-corrected chi connectivity index (χ4v) is 4.14. The summed E-state index contributed by atoms with van der Waals surface area (Å²) in [6.07, 6.45) is -9.75. The molecule has 0 bridgehead atoms. The van der Waals surface area contributed by atoms with Crippen LogP contribution in [0.5, 0.6) is 0 Å². The van der Waals surface area contributed by atoms with Crippen molar-refractivity contribution in [1.82, 2.24) is 9.21 Å². The van der Waals surface area contributed by atoms with Crippen LogP contribution in [-0.4, -0.2) is 50.8 Å². The summed E-state index contributed by atoms with van der Waals surface area (Å²) in [5, 5.41) is 0. The van der Waals surface area contributed by atoms with Gasteiger partial charge in [-0.1, -0.05) is 0 Å². The lowest BCUT2D eigenvalue weighted by atomic mass is 10.1. The SMILES string of the molecule is CN(C)C1CCN(S(=O)(=O)c2cc(C(F)(F)F)cc(C(F)(F)F)c2)C1. The number of nitrogens with zero attached hydrogens (tertiary/aromatic N) is 2. The first kappa shape index (κ1) is 20.0. The molecule has 0 radical (unpaired) electrons. The molecular formula is C14H16F6N2O2S. The van der Waals surface area contributed by atoms with Gasteiger partial charge in [-0.3, -0.25) is 0 Å². The second-order valence-corrected chi connectivity index (χ2v) is 7.95. The van der Waals surface area contributed by atoms with Crippen LogP contribution >= 0.6 is 0 Å². The molecule has 1 fully saturated rings. The maximum Gasteiger partial charge on any atom is 0.416 e. The Morgan fingerprint density at radius 3 is 1.84 bits per heavy atom. The minimum absolute atomic E-state index is 0.00687. The standard InChI is InChI=1S/C14H16F6N2O2S/c1-21(2)11-3-4-22(8-11)25(23,24)12-6-9(13(15,16)17)5-10(7-12)14(18,19)20/h5-7,11H,3-4,8H2,1-2H3. The summed E-state index contributed by atoms with van der Waals surface area (Å²) in [5.74, 6) is 0. The molecule has 4 nitrogen and oxygen atoms in total. The van der Waals surface area contributed by atoms with E-state index in [2.05, 4.69) is 0 Å². The Morgan fingerprint density at radius 2 is 1.48 bits per heavy atom. The van der Waals surface area contributed by atoms with Gasteiger partial charge < -0.3 is 4.90 Å². The van der Waals surface area contributed by atoms with Crippen molar-refractivity contribution >= 4 is 10.0 Å². The molecule has 0 saturated carbocycles. The Balaban J connectivity index is 2.50. The van der Waals surface area contributed by atoms with Crippen LogP contribution < -0.4 is 0 Å². The normalized spacial score (nSPS) is 20.4. The Labute approximate surface area is 141 Å². The molecule has 0 spiro atoms. The maximum atomic E-state index is 12.9. The van der Waals surface area contributed by atoms with E-state index in [9.17, 15) is 34.8 Å². The van der Waals surface area contributed by atoms with Gasteiger partial charge in [0.25, 0.3) is 0 Å². The zero-order valence-corrected chi connectivity index (χ0v) is 14.1. The first-order chi connectivity index (χ1) is 11.2. The van der Waals surface area contributed by atoms with Crippen molar-refractivity contribution in [2.45, 2.75) is 29.7 Å². The molecule has 0 aliphatic carbocycles. The van der Waals surface area contributed by atoms with Crippen molar-refractivity contribution in [3.8, 4) is 0 Å². The quantitative estimate of drug-likeness (QED) is 0.745. The van der Waals surface area contributed by atoms with Gasteiger partial charge in [0.05, 0.1) is 16.0 Å². The zero-order chi connectivity index (χ0) is 19.2. The number of likely N-dealkylation sites (N-methyl/N-ethyl adjacent to an activating group) is 1. The van der Waals surface area contributed by atoms with Crippen molar-refractivity contribution in [3.63, 3.8) is 0 Å². The molecule has 1 unspecified atom stereocenters. The first-order valence-electron chi connectivity index (χ1n) is 7.19. The fourth-order valence-electron chi connectivity index (χ4n) is 2.57. The second kappa shape index (κ2) is 6.44. The summed E-state index contributed by atoms with van der Waals surface area (Å²) >= 11 is 0. The van der Waals surface area contributed by atoms with E-state index in [4.69, 9.17) is 0 Å². The van der Waals surface area contributed by atoms with Gasteiger partial charge in [0.1, 0.15) is 0 Å². The number of halogens is 6. The summed E-state index contributed by atoms with van der Waals surface area (Å²) in [4.78, 5) is 0.747. The van der Waals surface area contributed by atoms with Crippen LogP contribution in [0, 0.1) is 0 Å². The van der Waals surface area contributed by atoms with Gasteiger partial charge in [-0.05, 0) is 38.7 Å². The molecule has 25 heavy (non-hydrogen) atoms. The molecule has 1 heterocycles. The van der Waals surface area contributed by atoms with E-state index in [-0.39, 0.29) is 37.3 Å². The molecule has 11 heteroatoms. The topological polar surface area (TPSA) is 40.6 Å². The molecule has 1 atom stereocenters. The van der Waals surface area contributed by atoms with Crippen molar-refractivity contribution in [2.24, 2.45) is 0 Å². The van der Waals surface area contributed by atoms with E-state index in [1.54, 1.807) is 19.0 Å². The van der Waals surface area contributed by atoms with Crippen molar-refractivity contribution in [1.29, 1.82) is 0 Å². The molecule has 1 aromatic rings. The van der Waals surface area contributed by atoms with E-state index in [1.165, 1.54) is 0 Å². The molecule has 142 valence electrons. The largest absolute Gasteiger partial charge is 0.416 e. The molecule has 0 amide bonds. The van der Waals surface area contributed by atoms with Crippen LogP contribution in [0.25, 0.3) is 0 Å². The number of hydrogen-bond donors (Lipinski definition) is 0. The van der Waals surface area contributed by atoms with Crippen LogP contribution in [0.4, 0.5) is 26.3 Å². The second-order valence-electron chi connectivity index (χ2n) is 6.01. The molecule has 0 N–H and O–H groups in total. The Kier molecular flexibility index (Phi) is 5.15. The molecule has 1 aliphatic rings. The number of benzene rings is 1. The Hall–Kier alpha value is -1.33. The van der Waals surface area contributed by atoms with E-state index in [0.717, 1.165) is 4.31 Å². The van der Waals surface area contributed by atoms with Gasteiger partial charge in [-0.2, -0.15) is 30.6 Å². The number of hydrogen-bond acceptors (Lipinski definition) is 3. The van der Waals surface area contributed by atoms with Gasteiger partial charge >= 0.3 is 12.4 Å². The summed E-state index contributed by atoms with van der Waals surface area (Å²) in [6.45, 7) is 0.0374. The Morgan fingerprint density at radius 1 is 1.00 bits per heavy atom. The zero-order valence-electron chi connectivity index (χ0n) is 13.3. The predicted molar refractivity (Wildman–Crippen MR) is 77.3 cm³/mol. The molecular weight excluding hydrogens is 374 g/mol. The van der Waals surface area contributed by atoms with Crippen molar-refractivity contribution in [3.05, 3.63) is 29.3 Å². The summed E-state index contributed by atoms with van der Waals surface area (Å²) in [6, 6.07) is 0.245. The smallest absolute Gasteiger partial charge is 0.305 e.